The molecule has 0 aromatic heterocycles. The van der Waals surface area contributed by atoms with Crippen LogP contribution in [-0.2, 0) is 9.53 Å². The van der Waals surface area contributed by atoms with Gasteiger partial charge in [0.05, 0.1) is 18.8 Å². The number of aliphatic carboxylic acids is 1. The van der Waals surface area contributed by atoms with Crippen molar-refractivity contribution in [3.8, 4) is 0 Å². The van der Waals surface area contributed by atoms with Gasteiger partial charge in [-0.3, -0.25) is 14.5 Å². The van der Waals surface area contributed by atoms with Crippen molar-refractivity contribution in [3.63, 3.8) is 0 Å². The first-order valence-corrected chi connectivity index (χ1v) is 9.77. The summed E-state index contributed by atoms with van der Waals surface area (Å²) in [6.45, 7) is 2.24. The molecule has 1 N–H and O–H groups in total. The summed E-state index contributed by atoms with van der Waals surface area (Å²) in [5.41, 5.74) is 0.741. The SMILES string of the molecule is O=C(c1cccc(F)c1)c1ccc(F)cc1/C=C/OCCN1CCCC(C(=O)O)C1. The number of halogens is 2. The number of rotatable bonds is 8. The molecule has 0 spiro atoms. The van der Waals surface area contributed by atoms with Crippen LogP contribution in [0.25, 0.3) is 6.08 Å². The van der Waals surface area contributed by atoms with Gasteiger partial charge in [0.2, 0.25) is 0 Å². The molecule has 7 heteroatoms. The van der Waals surface area contributed by atoms with Crippen molar-refractivity contribution in [1.29, 1.82) is 0 Å². The van der Waals surface area contributed by atoms with Crippen LogP contribution in [-0.4, -0.2) is 48.0 Å². The zero-order valence-electron chi connectivity index (χ0n) is 16.4. The summed E-state index contributed by atoms with van der Waals surface area (Å²) in [6, 6.07) is 9.09. The van der Waals surface area contributed by atoms with Crippen LogP contribution in [0.4, 0.5) is 8.78 Å². The van der Waals surface area contributed by atoms with Crippen molar-refractivity contribution in [1.82, 2.24) is 4.90 Å². The quantitative estimate of drug-likeness (QED) is 0.401. The van der Waals surface area contributed by atoms with Gasteiger partial charge in [0, 0.05) is 24.2 Å². The van der Waals surface area contributed by atoms with E-state index in [1.165, 1.54) is 48.7 Å². The maximum Gasteiger partial charge on any atom is 0.307 e. The van der Waals surface area contributed by atoms with Crippen LogP contribution in [0.1, 0.15) is 34.3 Å². The Bertz CT molecular complexity index is 945. The number of nitrogens with zero attached hydrogens (tertiary/aromatic N) is 1. The van der Waals surface area contributed by atoms with Gasteiger partial charge < -0.3 is 9.84 Å². The van der Waals surface area contributed by atoms with Gasteiger partial charge in [-0.25, -0.2) is 8.78 Å². The zero-order valence-corrected chi connectivity index (χ0v) is 16.4. The number of likely N-dealkylation sites (tertiary alicyclic amines) is 1. The summed E-state index contributed by atoms with van der Waals surface area (Å²) in [6.07, 6.45) is 4.40. The molecule has 0 amide bonds. The molecular formula is C23H23F2NO4. The molecule has 1 aliphatic rings. The standard InChI is InChI=1S/C23H23F2NO4/c24-19-5-1-3-17(14-19)22(27)21-7-6-20(25)13-16(21)8-11-30-12-10-26-9-2-4-18(15-26)23(28)29/h1,3,5-8,11,13-14,18H,2,4,9-10,12,15H2,(H,28,29)/b11-8+. The second-order valence-corrected chi connectivity index (χ2v) is 7.22. The Hall–Kier alpha value is -3.06. The van der Waals surface area contributed by atoms with Gasteiger partial charge in [0.25, 0.3) is 0 Å². The number of benzene rings is 2. The van der Waals surface area contributed by atoms with E-state index in [2.05, 4.69) is 0 Å². The van der Waals surface area contributed by atoms with Crippen LogP contribution >= 0.6 is 0 Å². The predicted molar refractivity (Wildman–Crippen MR) is 108 cm³/mol. The molecule has 1 atom stereocenters. The number of ketones is 1. The number of carbonyl (C=O) groups excluding carboxylic acids is 1. The molecular weight excluding hydrogens is 392 g/mol. The Morgan fingerprint density at radius 2 is 1.97 bits per heavy atom. The topological polar surface area (TPSA) is 66.8 Å². The molecule has 158 valence electrons. The summed E-state index contributed by atoms with van der Waals surface area (Å²) < 4.78 is 32.6. The molecule has 2 aromatic rings. The van der Waals surface area contributed by atoms with E-state index < -0.39 is 23.4 Å². The van der Waals surface area contributed by atoms with Gasteiger partial charge in [0.15, 0.2) is 5.78 Å². The van der Waals surface area contributed by atoms with Crippen LogP contribution in [0.5, 0.6) is 0 Å². The van der Waals surface area contributed by atoms with E-state index in [-0.39, 0.29) is 17.0 Å². The zero-order chi connectivity index (χ0) is 21.5. The maximum absolute atomic E-state index is 13.7. The molecule has 2 aromatic carbocycles. The molecule has 0 aliphatic carbocycles. The van der Waals surface area contributed by atoms with E-state index in [0.717, 1.165) is 19.0 Å². The average molecular weight is 415 g/mol. The highest BCUT2D eigenvalue weighted by Gasteiger charge is 2.24. The fourth-order valence-electron chi connectivity index (χ4n) is 3.49. The number of hydrogen-bond donors (Lipinski definition) is 1. The molecule has 30 heavy (non-hydrogen) atoms. The Kier molecular flexibility index (Phi) is 7.30. The molecule has 1 heterocycles. The summed E-state index contributed by atoms with van der Waals surface area (Å²) >= 11 is 0. The van der Waals surface area contributed by atoms with E-state index in [4.69, 9.17) is 9.84 Å². The minimum atomic E-state index is -0.776. The average Bonchev–Trinajstić information content (AvgIpc) is 2.73. The first-order chi connectivity index (χ1) is 14.4. The van der Waals surface area contributed by atoms with Crippen LogP contribution < -0.4 is 0 Å². The molecule has 1 fully saturated rings. The summed E-state index contributed by atoms with van der Waals surface area (Å²) in [5.74, 6) is -2.56. The van der Waals surface area contributed by atoms with Crippen LogP contribution in [0.15, 0.2) is 48.7 Å². The van der Waals surface area contributed by atoms with Crippen LogP contribution in [0, 0.1) is 17.6 Å². The summed E-state index contributed by atoms with van der Waals surface area (Å²) in [5, 5.41) is 9.13. The van der Waals surface area contributed by atoms with E-state index in [9.17, 15) is 18.4 Å². The normalized spacial score (nSPS) is 17.2. The highest BCUT2D eigenvalue weighted by atomic mass is 19.1. The van der Waals surface area contributed by atoms with Crippen molar-refractivity contribution >= 4 is 17.8 Å². The van der Waals surface area contributed by atoms with Gasteiger partial charge in [-0.2, -0.15) is 0 Å². The summed E-state index contributed by atoms with van der Waals surface area (Å²) in [7, 11) is 0. The monoisotopic (exact) mass is 415 g/mol. The number of hydrogen-bond acceptors (Lipinski definition) is 4. The highest BCUT2D eigenvalue weighted by Crippen LogP contribution is 2.19. The Balaban J connectivity index is 1.61. The molecule has 5 nitrogen and oxygen atoms in total. The van der Waals surface area contributed by atoms with Crippen molar-refractivity contribution in [3.05, 3.63) is 77.1 Å². The van der Waals surface area contributed by atoms with Gasteiger partial charge in [-0.05, 0) is 61.4 Å². The molecule has 1 aliphatic heterocycles. The van der Waals surface area contributed by atoms with Crippen molar-refractivity contribution < 1.29 is 28.2 Å². The minimum Gasteiger partial charge on any atom is -0.500 e. The van der Waals surface area contributed by atoms with Crippen molar-refractivity contribution in [2.75, 3.05) is 26.2 Å². The smallest absolute Gasteiger partial charge is 0.307 e. The van der Waals surface area contributed by atoms with Gasteiger partial charge in [-0.1, -0.05) is 12.1 Å². The van der Waals surface area contributed by atoms with Gasteiger partial charge >= 0.3 is 5.97 Å². The number of carbonyl (C=O) groups is 2. The third kappa shape index (κ3) is 5.73. The highest BCUT2D eigenvalue weighted by molar-refractivity contribution is 6.11. The lowest BCUT2D eigenvalue weighted by Gasteiger charge is -2.30. The van der Waals surface area contributed by atoms with Crippen LogP contribution in [0.3, 0.4) is 0 Å². The van der Waals surface area contributed by atoms with E-state index in [1.54, 1.807) is 0 Å². The van der Waals surface area contributed by atoms with Crippen molar-refractivity contribution in [2.45, 2.75) is 12.8 Å². The minimum absolute atomic E-state index is 0.176. The molecule has 3 rings (SSSR count). The largest absolute Gasteiger partial charge is 0.500 e. The fraction of sp³-hybridized carbons (Fsp3) is 0.304. The van der Waals surface area contributed by atoms with E-state index in [1.807, 2.05) is 4.90 Å². The number of carboxylic acid groups (broad SMARTS) is 1. The third-order valence-corrected chi connectivity index (χ3v) is 5.07. The Morgan fingerprint density at radius 3 is 2.73 bits per heavy atom. The van der Waals surface area contributed by atoms with E-state index in [0.29, 0.717) is 31.7 Å². The molecule has 0 saturated carbocycles. The third-order valence-electron chi connectivity index (χ3n) is 5.07. The Morgan fingerprint density at radius 1 is 1.17 bits per heavy atom. The van der Waals surface area contributed by atoms with E-state index >= 15 is 0 Å². The number of carboxylic acids is 1. The number of piperidine rings is 1. The molecule has 0 radical (unpaired) electrons. The number of ether oxygens (including phenoxy) is 1. The second-order valence-electron chi connectivity index (χ2n) is 7.22. The fourth-order valence-corrected chi connectivity index (χ4v) is 3.49. The molecule has 1 unspecified atom stereocenters. The van der Waals surface area contributed by atoms with Gasteiger partial charge in [0.1, 0.15) is 11.6 Å². The first kappa shape index (κ1) is 21.6. The lowest BCUT2D eigenvalue weighted by Crippen LogP contribution is -2.40. The maximum atomic E-state index is 13.7. The first-order valence-electron chi connectivity index (χ1n) is 9.77. The Labute approximate surface area is 173 Å². The lowest BCUT2D eigenvalue weighted by atomic mass is 9.98. The predicted octanol–water partition coefficient (Wildman–Crippen LogP) is 3.98. The summed E-state index contributed by atoms with van der Waals surface area (Å²) in [4.78, 5) is 25.9. The molecule has 0 bridgehead atoms. The van der Waals surface area contributed by atoms with Crippen LogP contribution in [0.2, 0.25) is 0 Å². The molecule has 1 saturated heterocycles. The lowest BCUT2D eigenvalue weighted by molar-refractivity contribution is -0.143. The second kappa shape index (κ2) is 10.1. The van der Waals surface area contributed by atoms with Crippen molar-refractivity contribution in [2.24, 2.45) is 5.92 Å². The van der Waals surface area contributed by atoms with Gasteiger partial charge in [-0.15, -0.1) is 0 Å².